The Hall–Kier alpha value is -1.27. The molecule has 0 bridgehead atoms. The van der Waals surface area contributed by atoms with Crippen molar-refractivity contribution in [1.82, 2.24) is 10.3 Å². The van der Waals surface area contributed by atoms with Crippen molar-refractivity contribution in [2.24, 2.45) is 0 Å². The van der Waals surface area contributed by atoms with E-state index in [2.05, 4.69) is 16.6 Å². The smallest absolute Gasteiger partial charge is 0.263 e. The second-order valence-corrected chi connectivity index (χ2v) is 6.41. The van der Waals surface area contributed by atoms with Gasteiger partial charge in [-0.25, -0.2) is 0 Å². The van der Waals surface area contributed by atoms with E-state index >= 15 is 0 Å². The Balaban J connectivity index is 2.15. The van der Waals surface area contributed by atoms with Crippen LogP contribution in [0.15, 0.2) is 18.5 Å². The summed E-state index contributed by atoms with van der Waals surface area (Å²) >= 11 is 3.17. The number of thioether (sulfide) groups is 1. The Kier molecular flexibility index (Phi) is 4.66. The van der Waals surface area contributed by atoms with Gasteiger partial charge in [0.05, 0.1) is 10.4 Å². The molecule has 0 aliphatic rings. The van der Waals surface area contributed by atoms with E-state index in [-0.39, 0.29) is 11.9 Å². The summed E-state index contributed by atoms with van der Waals surface area (Å²) in [6.45, 7) is 2.01. The molecular weight excluding hydrogens is 278 g/mol. The highest BCUT2D eigenvalue weighted by molar-refractivity contribution is 7.98. The first-order valence-electron chi connectivity index (χ1n) is 6.05. The summed E-state index contributed by atoms with van der Waals surface area (Å²) in [6, 6.07) is 2.00. The first kappa shape index (κ1) is 14.1. The SMILES string of the molecule is CSCCC(C)NC(=O)c1sc2cnccc2c1N. The van der Waals surface area contributed by atoms with Crippen molar-refractivity contribution < 1.29 is 4.79 Å². The summed E-state index contributed by atoms with van der Waals surface area (Å²) in [5, 5.41) is 3.90. The van der Waals surface area contributed by atoms with Gasteiger partial charge in [0.2, 0.25) is 0 Å². The lowest BCUT2D eigenvalue weighted by atomic mass is 10.2. The third kappa shape index (κ3) is 3.19. The van der Waals surface area contributed by atoms with Crippen LogP contribution < -0.4 is 11.1 Å². The van der Waals surface area contributed by atoms with Gasteiger partial charge in [0.1, 0.15) is 4.88 Å². The number of thiophene rings is 1. The number of carbonyl (C=O) groups excluding carboxylic acids is 1. The lowest BCUT2D eigenvalue weighted by molar-refractivity contribution is 0.0944. The van der Waals surface area contributed by atoms with Crippen LogP contribution in [-0.2, 0) is 0 Å². The highest BCUT2D eigenvalue weighted by atomic mass is 32.2. The largest absolute Gasteiger partial charge is 0.397 e. The quantitative estimate of drug-likeness (QED) is 0.890. The minimum atomic E-state index is -0.0905. The zero-order chi connectivity index (χ0) is 13.8. The fourth-order valence-corrected chi connectivity index (χ4v) is 3.38. The summed E-state index contributed by atoms with van der Waals surface area (Å²) in [7, 11) is 0. The maximum Gasteiger partial charge on any atom is 0.263 e. The molecule has 102 valence electrons. The molecule has 0 saturated carbocycles. The van der Waals surface area contributed by atoms with Gasteiger partial charge in [-0.05, 0) is 31.4 Å². The number of nitrogens with zero attached hydrogens (tertiary/aromatic N) is 1. The van der Waals surface area contributed by atoms with E-state index in [1.54, 1.807) is 24.2 Å². The number of pyridine rings is 1. The maximum atomic E-state index is 12.2. The van der Waals surface area contributed by atoms with E-state index in [0.29, 0.717) is 10.6 Å². The van der Waals surface area contributed by atoms with Crippen LogP contribution in [0.4, 0.5) is 5.69 Å². The molecule has 6 heteroatoms. The van der Waals surface area contributed by atoms with Gasteiger partial charge < -0.3 is 11.1 Å². The van der Waals surface area contributed by atoms with Crippen LogP contribution >= 0.6 is 23.1 Å². The molecule has 3 N–H and O–H groups in total. The van der Waals surface area contributed by atoms with Crippen LogP contribution in [-0.4, -0.2) is 28.9 Å². The van der Waals surface area contributed by atoms with E-state index in [1.807, 2.05) is 13.0 Å². The molecule has 0 radical (unpaired) electrons. The van der Waals surface area contributed by atoms with Crippen LogP contribution in [0, 0.1) is 0 Å². The van der Waals surface area contributed by atoms with Gasteiger partial charge >= 0.3 is 0 Å². The molecule has 0 spiro atoms. The van der Waals surface area contributed by atoms with Crippen molar-refractivity contribution in [3.63, 3.8) is 0 Å². The van der Waals surface area contributed by atoms with Crippen molar-refractivity contribution in [2.45, 2.75) is 19.4 Å². The lowest BCUT2D eigenvalue weighted by Crippen LogP contribution is -2.32. The lowest BCUT2D eigenvalue weighted by Gasteiger charge is -2.12. The van der Waals surface area contributed by atoms with Crippen LogP contribution in [0.2, 0.25) is 0 Å². The van der Waals surface area contributed by atoms with Crippen molar-refractivity contribution in [2.75, 3.05) is 17.7 Å². The average Bonchev–Trinajstić information content (AvgIpc) is 2.74. The molecule has 1 unspecified atom stereocenters. The zero-order valence-electron chi connectivity index (χ0n) is 11.0. The minimum absolute atomic E-state index is 0.0905. The van der Waals surface area contributed by atoms with Crippen LogP contribution in [0.1, 0.15) is 23.0 Å². The number of nitrogen functional groups attached to an aromatic ring is 1. The standard InChI is InChI=1S/C13H17N3OS2/c1-8(4-6-18-2)16-13(17)12-11(14)9-3-5-15-7-10(9)19-12/h3,5,7-8H,4,6,14H2,1-2H3,(H,16,17). The van der Waals surface area contributed by atoms with Gasteiger partial charge in [-0.1, -0.05) is 0 Å². The number of aromatic nitrogens is 1. The summed E-state index contributed by atoms with van der Waals surface area (Å²) in [6.07, 6.45) is 6.45. The molecule has 0 aromatic carbocycles. The van der Waals surface area contributed by atoms with Crippen LogP contribution in [0.25, 0.3) is 10.1 Å². The molecule has 2 aromatic rings. The number of nitrogens with one attached hydrogen (secondary N) is 1. The van der Waals surface area contributed by atoms with Crippen molar-refractivity contribution in [3.8, 4) is 0 Å². The molecule has 1 amide bonds. The van der Waals surface area contributed by atoms with Gasteiger partial charge in [-0.15, -0.1) is 11.3 Å². The van der Waals surface area contributed by atoms with Gasteiger partial charge in [0.15, 0.2) is 0 Å². The summed E-state index contributed by atoms with van der Waals surface area (Å²) < 4.78 is 0.946. The van der Waals surface area contributed by atoms with E-state index in [0.717, 1.165) is 22.3 Å². The number of rotatable bonds is 5. The third-order valence-electron chi connectivity index (χ3n) is 2.87. The molecule has 2 heterocycles. The monoisotopic (exact) mass is 295 g/mol. The third-order valence-corrected chi connectivity index (χ3v) is 4.67. The minimum Gasteiger partial charge on any atom is -0.397 e. The summed E-state index contributed by atoms with van der Waals surface area (Å²) in [5.41, 5.74) is 6.59. The predicted octanol–water partition coefficient (Wildman–Crippen LogP) is 2.75. The number of anilines is 1. The van der Waals surface area contributed by atoms with Gasteiger partial charge in [0, 0.05) is 23.8 Å². The Morgan fingerprint density at radius 3 is 3.11 bits per heavy atom. The molecule has 0 aliphatic carbocycles. The van der Waals surface area contributed by atoms with Gasteiger partial charge in [-0.2, -0.15) is 11.8 Å². The van der Waals surface area contributed by atoms with Crippen LogP contribution in [0.3, 0.4) is 0 Å². The molecule has 2 aromatic heterocycles. The molecule has 0 aliphatic heterocycles. The highest BCUT2D eigenvalue weighted by Crippen LogP contribution is 2.32. The number of fused-ring (bicyclic) bond motifs is 1. The number of carbonyl (C=O) groups is 1. The van der Waals surface area contributed by atoms with Gasteiger partial charge in [-0.3, -0.25) is 9.78 Å². The van der Waals surface area contributed by atoms with Crippen molar-refractivity contribution in [1.29, 1.82) is 0 Å². The predicted molar refractivity (Wildman–Crippen MR) is 84.0 cm³/mol. The summed E-state index contributed by atoms with van der Waals surface area (Å²) in [4.78, 5) is 16.8. The Labute approximate surface area is 120 Å². The number of hydrogen-bond acceptors (Lipinski definition) is 5. The van der Waals surface area contributed by atoms with Crippen LogP contribution in [0.5, 0.6) is 0 Å². The normalized spacial score (nSPS) is 12.5. The molecule has 4 nitrogen and oxygen atoms in total. The molecule has 2 rings (SSSR count). The van der Waals surface area contributed by atoms with E-state index in [1.165, 1.54) is 11.3 Å². The fraction of sp³-hybridized carbons (Fsp3) is 0.385. The topological polar surface area (TPSA) is 68.0 Å². The number of nitrogens with two attached hydrogens (primary N) is 1. The van der Waals surface area contributed by atoms with E-state index < -0.39 is 0 Å². The maximum absolute atomic E-state index is 12.2. The first-order chi connectivity index (χ1) is 9.13. The fourth-order valence-electron chi connectivity index (χ4n) is 1.80. The second-order valence-electron chi connectivity index (χ2n) is 4.37. The zero-order valence-corrected chi connectivity index (χ0v) is 12.6. The molecule has 19 heavy (non-hydrogen) atoms. The molecule has 0 saturated heterocycles. The Morgan fingerprint density at radius 2 is 2.42 bits per heavy atom. The molecule has 0 fully saturated rings. The van der Waals surface area contributed by atoms with E-state index in [9.17, 15) is 4.79 Å². The Bertz CT molecular complexity index is 582. The number of amides is 1. The molecular formula is C13H17N3OS2. The van der Waals surface area contributed by atoms with Gasteiger partial charge in [0.25, 0.3) is 5.91 Å². The van der Waals surface area contributed by atoms with Crippen molar-refractivity contribution in [3.05, 3.63) is 23.3 Å². The second kappa shape index (κ2) is 6.25. The first-order valence-corrected chi connectivity index (χ1v) is 8.26. The Morgan fingerprint density at radius 1 is 1.63 bits per heavy atom. The van der Waals surface area contributed by atoms with E-state index in [4.69, 9.17) is 5.73 Å². The van der Waals surface area contributed by atoms with Crippen molar-refractivity contribution >= 4 is 44.8 Å². The molecule has 1 atom stereocenters. The number of hydrogen-bond donors (Lipinski definition) is 2. The average molecular weight is 295 g/mol. The highest BCUT2D eigenvalue weighted by Gasteiger charge is 2.17. The summed E-state index contributed by atoms with van der Waals surface area (Å²) in [5.74, 6) is 0.945.